The largest absolute Gasteiger partial charge is 0.378 e. The number of carbonyl (C=O) groups is 1. The number of benzene rings is 2. The predicted octanol–water partition coefficient (Wildman–Crippen LogP) is 3.48. The Labute approximate surface area is 162 Å². The Kier molecular flexibility index (Phi) is 6.42. The van der Waals surface area contributed by atoms with E-state index < -0.39 is 5.54 Å². The number of nitrogens with zero attached hydrogens (tertiary/aromatic N) is 1. The van der Waals surface area contributed by atoms with Crippen molar-refractivity contribution >= 4 is 5.78 Å². The quantitative estimate of drug-likeness (QED) is 0.762. The lowest BCUT2D eigenvalue weighted by Crippen LogP contribution is -2.53. The molecular formula is C23H30N2O2. The molecule has 3 rings (SSSR count). The summed E-state index contributed by atoms with van der Waals surface area (Å²) in [7, 11) is 4.02. The van der Waals surface area contributed by atoms with Crippen molar-refractivity contribution in [2.75, 3.05) is 33.9 Å². The topological polar surface area (TPSA) is 41.6 Å². The molecule has 0 aromatic heterocycles. The molecule has 4 nitrogen and oxygen atoms in total. The Balaban J connectivity index is 2.00. The van der Waals surface area contributed by atoms with Gasteiger partial charge in [-0.2, -0.15) is 0 Å². The average Bonchev–Trinajstić information content (AvgIpc) is 2.72. The second kappa shape index (κ2) is 8.79. The van der Waals surface area contributed by atoms with E-state index in [1.807, 2.05) is 50.5 Å². The highest BCUT2D eigenvalue weighted by atomic mass is 16.5. The Morgan fingerprint density at radius 3 is 2.48 bits per heavy atom. The minimum absolute atomic E-state index is 0.0624. The Bertz CT molecular complexity index is 754. The van der Waals surface area contributed by atoms with Crippen molar-refractivity contribution in [2.24, 2.45) is 0 Å². The van der Waals surface area contributed by atoms with E-state index in [0.717, 1.165) is 30.7 Å². The maximum atomic E-state index is 13.9. The molecule has 0 saturated carbocycles. The number of ketones is 1. The van der Waals surface area contributed by atoms with Crippen molar-refractivity contribution in [3.63, 3.8) is 0 Å². The van der Waals surface area contributed by atoms with Gasteiger partial charge < -0.3 is 10.1 Å². The Morgan fingerprint density at radius 1 is 1.15 bits per heavy atom. The lowest BCUT2D eigenvalue weighted by atomic mass is 9.78. The van der Waals surface area contributed by atoms with Gasteiger partial charge in [-0.3, -0.25) is 9.69 Å². The van der Waals surface area contributed by atoms with Gasteiger partial charge in [-0.05, 0) is 38.1 Å². The molecule has 1 aliphatic rings. The standard InChI is InChI=1S/C23H30N2O2/c1-4-23(25(2)3,16-18-10-6-5-7-11-18)22(26)20-13-9-8-12-19(20)21-17-27-15-14-24-21/h5-13,21,24H,4,14-17H2,1-3H3. The zero-order valence-corrected chi connectivity index (χ0v) is 16.6. The van der Waals surface area contributed by atoms with Crippen LogP contribution in [0.3, 0.4) is 0 Å². The molecule has 1 fully saturated rings. The van der Waals surface area contributed by atoms with Crippen LogP contribution in [0.4, 0.5) is 0 Å². The Morgan fingerprint density at radius 2 is 1.85 bits per heavy atom. The van der Waals surface area contributed by atoms with Crippen molar-refractivity contribution in [1.29, 1.82) is 0 Å². The van der Waals surface area contributed by atoms with Crippen LogP contribution in [0.15, 0.2) is 54.6 Å². The zero-order chi connectivity index (χ0) is 19.3. The minimum atomic E-state index is -0.576. The normalized spacial score (nSPS) is 19.6. The van der Waals surface area contributed by atoms with Crippen LogP contribution in [0.2, 0.25) is 0 Å². The van der Waals surface area contributed by atoms with Crippen LogP contribution in [0.5, 0.6) is 0 Å². The maximum absolute atomic E-state index is 13.9. The van der Waals surface area contributed by atoms with E-state index in [1.165, 1.54) is 5.56 Å². The molecule has 1 heterocycles. The highest BCUT2D eigenvalue weighted by Crippen LogP contribution is 2.31. The van der Waals surface area contributed by atoms with Crippen LogP contribution in [-0.2, 0) is 11.2 Å². The van der Waals surface area contributed by atoms with Crippen LogP contribution < -0.4 is 5.32 Å². The van der Waals surface area contributed by atoms with Crippen LogP contribution in [0.25, 0.3) is 0 Å². The van der Waals surface area contributed by atoms with Gasteiger partial charge in [0, 0.05) is 12.1 Å². The lowest BCUT2D eigenvalue weighted by Gasteiger charge is -2.39. The monoisotopic (exact) mass is 366 g/mol. The first-order valence-electron chi connectivity index (χ1n) is 9.74. The van der Waals surface area contributed by atoms with E-state index in [1.54, 1.807) is 0 Å². The highest BCUT2D eigenvalue weighted by Gasteiger charge is 2.40. The molecule has 27 heavy (non-hydrogen) atoms. The molecule has 2 atom stereocenters. The fourth-order valence-electron chi connectivity index (χ4n) is 4.00. The molecule has 144 valence electrons. The molecule has 2 aromatic rings. The van der Waals surface area contributed by atoms with Crippen molar-refractivity contribution in [2.45, 2.75) is 31.3 Å². The average molecular weight is 367 g/mol. The summed E-state index contributed by atoms with van der Waals surface area (Å²) in [5.74, 6) is 0.182. The number of rotatable bonds is 7. The van der Waals surface area contributed by atoms with Crippen molar-refractivity contribution in [3.05, 3.63) is 71.3 Å². The van der Waals surface area contributed by atoms with Crippen LogP contribution in [-0.4, -0.2) is 50.1 Å². The predicted molar refractivity (Wildman–Crippen MR) is 109 cm³/mol. The van der Waals surface area contributed by atoms with Gasteiger partial charge >= 0.3 is 0 Å². The fraction of sp³-hybridized carbons (Fsp3) is 0.435. The smallest absolute Gasteiger partial charge is 0.183 e. The summed E-state index contributed by atoms with van der Waals surface area (Å²) < 4.78 is 5.64. The minimum Gasteiger partial charge on any atom is -0.378 e. The molecule has 0 aliphatic carbocycles. The summed E-state index contributed by atoms with van der Waals surface area (Å²) in [6.07, 6.45) is 1.44. The number of carbonyl (C=O) groups excluding carboxylic acids is 1. The van der Waals surface area contributed by atoms with E-state index in [-0.39, 0.29) is 11.8 Å². The van der Waals surface area contributed by atoms with Gasteiger partial charge in [0.2, 0.25) is 0 Å². The van der Waals surface area contributed by atoms with Crippen LogP contribution >= 0.6 is 0 Å². The molecule has 0 bridgehead atoms. The summed E-state index contributed by atoms with van der Waals surface area (Å²) in [6, 6.07) is 18.3. The number of likely N-dealkylation sites (N-methyl/N-ethyl adjacent to an activating group) is 1. The third-order valence-electron chi connectivity index (χ3n) is 5.71. The molecule has 1 N–H and O–H groups in total. The van der Waals surface area contributed by atoms with Gasteiger partial charge in [0.25, 0.3) is 0 Å². The summed E-state index contributed by atoms with van der Waals surface area (Å²) in [4.78, 5) is 16.0. The number of morpholine rings is 1. The molecule has 0 amide bonds. The third-order valence-corrected chi connectivity index (χ3v) is 5.71. The first-order chi connectivity index (χ1) is 13.1. The number of ether oxygens (including phenoxy) is 1. The zero-order valence-electron chi connectivity index (χ0n) is 16.6. The number of hydrogen-bond donors (Lipinski definition) is 1. The summed E-state index contributed by atoms with van der Waals surface area (Å²) >= 11 is 0. The van der Waals surface area contributed by atoms with Crippen molar-refractivity contribution < 1.29 is 9.53 Å². The number of Topliss-reactive ketones (excluding diaryl/α,β-unsaturated/α-hetero) is 1. The van der Waals surface area contributed by atoms with Crippen molar-refractivity contribution in [3.8, 4) is 0 Å². The maximum Gasteiger partial charge on any atom is 0.183 e. The first-order valence-corrected chi connectivity index (χ1v) is 9.74. The summed E-state index contributed by atoms with van der Waals surface area (Å²) in [6.45, 7) is 4.23. The van der Waals surface area contributed by atoms with E-state index in [0.29, 0.717) is 13.0 Å². The van der Waals surface area contributed by atoms with E-state index >= 15 is 0 Å². The fourth-order valence-corrected chi connectivity index (χ4v) is 4.00. The van der Waals surface area contributed by atoms with E-state index in [9.17, 15) is 4.79 Å². The SMILES string of the molecule is CCC(Cc1ccccc1)(C(=O)c1ccccc1C1COCCN1)N(C)C. The molecule has 2 aromatic carbocycles. The van der Waals surface area contributed by atoms with Crippen molar-refractivity contribution in [1.82, 2.24) is 10.2 Å². The number of hydrogen-bond acceptors (Lipinski definition) is 4. The Hall–Kier alpha value is -2.01. The lowest BCUT2D eigenvalue weighted by molar-refractivity contribution is 0.0649. The van der Waals surface area contributed by atoms with Gasteiger partial charge in [-0.15, -0.1) is 0 Å². The molecule has 4 heteroatoms. The van der Waals surface area contributed by atoms with Gasteiger partial charge in [-0.25, -0.2) is 0 Å². The summed E-state index contributed by atoms with van der Waals surface area (Å²) in [5, 5.41) is 3.49. The molecule has 2 unspecified atom stereocenters. The third kappa shape index (κ3) is 4.13. The second-order valence-corrected chi connectivity index (χ2v) is 7.44. The molecule has 0 radical (unpaired) electrons. The van der Waals surface area contributed by atoms with Gasteiger partial charge in [-0.1, -0.05) is 61.5 Å². The van der Waals surface area contributed by atoms with E-state index in [2.05, 4.69) is 35.3 Å². The molecular weight excluding hydrogens is 336 g/mol. The molecule has 1 saturated heterocycles. The highest BCUT2D eigenvalue weighted by molar-refractivity contribution is 6.04. The van der Waals surface area contributed by atoms with Crippen LogP contribution in [0.1, 0.15) is 40.9 Å². The second-order valence-electron chi connectivity index (χ2n) is 7.44. The van der Waals surface area contributed by atoms with Crippen LogP contribution in [0, 0.1) is 0 Å². The first kappa shape index (κ1) is 19.7. The molecule has 0 spiro atoms. The molecule has 1 aliphatic heterocycles. The van der Waals surface area contributed by atoms with E-state index in [4.69, 9.17) is 4.74 Å². The van der Waals surface area contributed by atoms with Gasteiger partial charge in [0.05, 0.1) is 24.8 Å². The number of nitrogens with one attached hydrogen (secondary N) is 1. The summed E-state index contributed by atoms with van der Waals surface area (Å²) in [5.41, 5.74) is 2.44. The van der Waals surface area contributed by atoms with Gasteiger partial charge in [0.1, 0.15) is 0 Å². The van der Waals surface area contributed by atoms with Gasteiger partial charge in [0.15, 0.2) is 5.78 Å².